The van der Waals surface area contributed by atoms with Gasteiger partial charge in [-0.05, 0) is 0 Å². The minimum absolute atomic E-state index is 0.699. The van der Waals surface area contributed by atoms with Crippen molar-refractivity contribution in [2.75, 3.05) is 0 Å². The normalized spacial score (nSPS) is 11.5. The Morgan fingerprint density at radius 2 is 1.23 bits per heavy atom. The molecule has 0 bridgehead atoms. The number of amides is 1. The van der Waals surface area contributed by atoms with Crippen LogP contribution in [-0.4, -0.2) is 29.1 Å². The van der Waals surface area contributed by atoms with Gasteiger partial charge in [-0.3, -0.25) is 0 Å². The standard InChI is InChI=1S/C16H14Cl3NOTe/c1-11-3-7-13(8-4-11)22(20-15(21)16(17,18)19)14-9-5-12(2)6-10-14/h3-10H,1-2H3. The number of aryl methyl sites for hydroxylation is 2. The molecular formula is C16H14Cl3NOTe. The number of hydrogen-bond donors (Lipinski definition) is 0. The molecular weight excluding hydrogens is 456 g/mol. The molecule has 2 nitrogen and oxygen atoms in total. The van der Waals surface area contributed by atoms with Crippen molar-refractivity contribution >= 4 is 67.3 Å². The van der Waals surface area contributed by atoms with Crippen LogP contribution in [0.1, 0.15) is 11.1 Å². The van der Waals surface area contributed by atoms with E-state index in [4.69, 9.17) is 34.8 Å². The molecule has 0 aliphatic rings. The van der Waals surface area contributed by atoms with Gasteiger partial charge >= 0.3 is 153 Å². The van der Waals surface area contributed by atoms with E-state index in [1.807, 2.05) is 62.4 Å². The summed E-state index contributed by atoms with van der Waals surface area (Å²) in [5.41, 5.74) is 2.30. The van der Waals surface area contributed by atoms with E-state index in [0.717, 1.165) is 18.3 Å². The van der Waals surface area contributed by atoms with E-state index in [0.29, 0.717) is 0 Å². The second-order valence-corrected chi connectivity index (χ2v) is 11.9. The summed E-state index contributed by atoms with van der Waals surface area (Å²) in [4.78, 5) is 12.0. The van der Waals surface area contributed by atoms with Crippen molar-refractivity contribution in [1.82, 2.24) is 0 Å². The third kappa shape index (κ3) is 4.78. The van der Waals surface area contributed by atoms with Crippen LogP contribution in [0.2, 0.25) is 0 Å². The number of nitrogens with zero attached hydrogens (tertiary/aromatic N) is 1. The zero-order valence-corrected chi connectivity index (χ0v) is 16.6. The number of carbonyl (C=O) groups excluding carboxylic acids is 1. The summed E-state index contributed by atoms with van der Waals surface area (Å²) in [6.45, 7) is 4.03. The summed E-state index contributed by atoms with van der Waals surface area (Å²) in [5.74, 6) is -0.699. The van der Waals surface area contributed by atoms with Crippen molar-refractivity contribution in [3.05, 3.63) is 59.7 Å². The maximum atomic E-state index is 12.0. The average molecular weight is 470 g/mol. The Hall–Kier alpha value is -0.430. The first-order chi connectivity index (χ1) is 10.3. The van der Waals surface area contributed by atoms with Gasteiger partial charge in [0.25, 0.3) is 0 Å². The SMILES string of the molecule is Cc1ccc([Te](=NC(=O)C(Cl)(Cl)Cl)c2ccc(C)cc2)cc1. The quantitative estimate of drug-likeness (QED) is 0.488. The van der Waals surface area contributed by atoms with Crippen LogP contribution in [0.25, 0.3) is 0 Å². The number of alkyl halides is 3. The van der Waals surface area contributed by atoms with Gasteiger partial charge in [0.1, 0.15) is 0 Å². The molecule has 0 aliphatic heterocycles. The third-order valence-electron chi connectivity index (χ3n) is 2.91. The monoisotopic (exact) mass is 471 g/mol. The number of hydrogen-bond acceptors (Lipinski definition) is 1. The first-order valence-electron chi connectivity index (χ1n) is 6.48. The van der Waals surface area contributed by atoms with Gasteiger partial charge in [-0.2, -0.15) is 0 Å². The van der Waals surface area contributed by atoms with E-state index in [2.05, 4.69) is 3.18 Å². The van der Waals surface area contributed by atoms with E-state index in [1.165, 1.54) is 0 Å². The van der Waals surface area contributed by atoms with Crippen LogP contribution in [0.3, 0.4) is 0 Å². The fourth-order valence-electron chi connectivity index (χ4n) is 1.71. The molecule has 0 spiro atoms. The van der Waals surface area contributed by atoms with E-state index in [9.17, 15) is 4.79 Å². The number of carbonyl (C=O) groups is 1. The topological polar surface area (TPSA) is 29.4 Å². The number of rotatable bonds is 2. The molecule has 0 aromatic heterocycles. The first-order valence-corrected chi connectivity index (χ1v) is 11.0. The van der Waals surface area contributed by atoms with Crippen LogP contribution in [0.5, 0.6) is 0 Å². The van der Waals surface area contributed by atoms with E-state index >= 15 is 0 Å². The Bertz CT molecular complexity index is 656. The molecule has 6 heteroatoms. The molecule has 0 aliphatic carbocycles. The zero-order valence-electron chi connectivity index (χ0n) is 12.0. The van der Waals surface area contributed by atoms with Crippen LogP contribution in [0.4, 0.5) is 0 Å². The molecule has 0 heterocycles. The van der Waals surface area contributed by atoms with Gasteiger partial charge in [0.2, 0.25) is 0 Å². The minimum atomic E-state index is -2.49. The molecule has 0 saturated carbocycles. The van der Waals surface area contributed by atoms with Crippen LogP contribution < -0.4 is 7.22 Å². The second-order valence-electron chi connectivity index (χ2n) is 4.80. The van der Waals surface area contributed by atoms with Gasteiger partial charge in [0.15, 0.2) is 0 Å². The van der Waals surface area contributed by atoms with Crippen molar-refractivity contribution in [2.24, 2.45) is 3.18 Å². The Labute approximate surface area is 151 Å². The molecule has 0 saturated heterocycles. The predicted octanol–water partition coefficient (Wildman–Crippen LogP) is 3.57. The predicted molar refractivity (Wildman–Crippen MR) is 95.1 cm³/mol. The Morgan fingerprint density at radius 1 is 0.864 bits per heavy atom. The molecule has 2 aromatic carbocycles. The van der Waals surface area contributed by atoms with Gasteiger partial charge in [0, 0.05) is 0 Å². The van der Waals surface area contributed by atoms with Gasteiger partial charge in [-0.1, -0.05) is 0 Å². The summed E-state index contributed by atoms with van der Waals surface area (Å²) >= 11 is 14.5. The Morgan fingerprint density at radius 3 is 1.55 bits per heavy atom. The maximum absolute atomic E-state index is 12.0. The summed E-state index contributed by atoms with van der Waals surface area (Å²) in [6.07, 6.45) is 0. The molecule has 0 unspecified atom stereocenters. The van der Waals surface area contributed by atoms with Crippen molar-refractivity contribution in [3.8, 4) is 0 Å². The van der Waals surface area contributed by atoms with E-state index in [-0.39, 0.29) is 0 Å². The van der Waals surface area contributed by atoms with Crippen molar-refractivity contribution in [2.45, 2.75) is 17.6 Å². The van der Waals surface area contributed by atoms with Gasteiger partial charge in [-0.15, -0.1) is 0 Å². The third-order valence-corrected chi connectivity index (χ3v) is 8.49. The first kappa shape index (κ1) is 17.9. The van der Waals surface area contributed by atoms with Gasteiger partial charge < -0.3 is 0 Å². The molecule has 1 amide bonds. The molecule has 22 heavy (non-hydrogen) atoms. The fourth-order valence-corrected chi connectivity index (χ4v) is 6.80. The summed E-state index contributed by atoms with van der Waals surface area (Å²) in [7, 11) is 0. The summed E-state index contributed by atoms with van der Waals surface area (Å²) < 4.78 is 4.36. The molecule has 0 fully saturated rings. The average Bonchev–Trinajstić information content (AvgIpc) is 2.46. The molecule has 116 valence electrons. The molecule has 2 aromatic rings. The van der Waals surface area contributed by atoms with Gasteiger partial charge in [0.05, 0.1) is 0 Å². The molecule has 0 atom stereocenters. The number of benzene rings is 2. The van der Waals surface area contributed by atoms with E-state index < -0.39 is 29.1 Å². The van der Waals surface area contributed by atoms with Gasteiger partial charge in [-0.25, -0.2) is 0 Å². The molecule has 0 radical (unpaired) electrons. The van der Waals surface area contributed by atoms with Crippen LogP contribution >= 0.6 is 34.8 Å². The number of halogens is 3. The molecule has 0 N–H and O–H groups in total. The zero-order chi connectivity index (χ0) is 16.3. The summed E-state index contributed by atoms with van der Waals surface area (Å²) in [5, 5.41) is 0. The molecule has 2 rings (SSSR count). The van der Waals surface area contributed by atoms with Crippen molar-refractivity contribution in [3.63, 3.8) is 0 Å². The summed E-state index contributed by atoms with van der Waals surface area (Å²) in [6, 6.07) is 16.0. The fraction of sp³-hybridized carbons (Fsp3) is 0.188. The van der Waals surface area contributed by atoms with Crippen LogP contribution in [0.15, 0.2) is 51.7 Å². The van der Waals surface area contributed by atoms with Crippen molar-refractivity contribution in [1.29, 1.82) is 0 Å². The Kier molecular flexibility index (Phi) is 6.05. The van der Waals surface area contributed by atoms with E-state index in [1.54, 1.807) is 0 Å². The van der Waals surface area contributed by atoms with Crippen LogP contribution in [-0.2, 0) is 4.79 Å². The van der Waals surface area contributed by atoms with Crippen molar-refractivity contribution < 1.29 is 4.79 Å². The second kappa shape index (κ2) is 7.43. The Balaban J connectivity index is 2.54. The van der Waals surface area contributed by atoms with Crippen LogP contribution in [0, 0.1) is 13.8 Å².